The molecule has 0 saturated carbocycles. The molecule has 2 aromatic carbocycles. The summed E-state index contributed by atoms with van der Waals surface area (Å²) >= 11 is 0. The van der Waals surface area contributed by atoms with E-state index in [1.165, 1.54) is 11.6 Å². The minimum Gasteiger partial charge on any atom is -0.339 e. The molecule has 0 atom stereocenters. The quantitative estimate of drug-likeness (QED) is 0.557. The number of hydrogen-bond donors (Lipinski definition) is 0. The average molecular weight is 437 g/mol. The Morgan fingerprint density at radius 1 is 1.09 bits per heavy atom. The Morgan fingerprint density at radius 3 is 2.53 bits per heavy atom. The highest BCUT2D eigenvalue weighted by molar-refractivity contribution is 5.94. The highest BCUT2D eigenvalue weighted by Crippen LogP contribution is 2.19. The molecule has 3 aromatic rings. The maximum atomic E-state index is 13.8. The van der Waals surface area contributed by atoms with Crippen molar-refractivity contribution in [3.05, 3.63) is 70.9 Å². The predicted octanol–water partition coefficient (Wildman–Crippen LogP) is 4.14. The Bertz CT molecular complexity index is 1060. The Hall–Kier alpha value is -3.06. The number of aryl methyl sites for hydroxylation is 3. The van der Waals surface area contributed by atoms with Crippen LogP contribution in [0.15, 0.2) is 47.0 Å². The second kappa shape index (κ2) is 10.0. The molecule has 1 aliphatic heterocycles. The summed E-state index contributed by atoms with van der Waals surface area (Å²) in [6.45, 7) is 7.92. The maximum Gasteiger partial charge on any atom is 0.253 e. The van der Waals surface area contributed by atoms with E-state index in [-0.39, 0.29) is 11.7 Å². The number of halogens is 1. The van der Waals surface area contributed by atoms with Gasteiger partial charge in [0.25, 0.3) is 5.91 Å². The Kier molecular flexibility index (Phi) is 6.95. The van der Waals surface area contributed by atoms with Crippen LogP contribution in [0, 0.1) is 12.7 Å². The summed E-state index contributed by atoms with van der Waals surface area (Å²) in [4.78, 5) is 21.4. The van der Waals surface area contributed by atoms with E-state index in [2.05, 4.69) is 22.0 Å². The zero-order chi connectivity index (χ0) is 22.5. The summed E-state index contributed by atoms with van der Waals surface area (Å²) in [5.74, 6) is 0.811. The Morgan fingerprint density at radius 2 is 1.84 bits per heavy atom. The second-order valence-corrected chi connectivity index (χ2v) is 8.26. The Labute approximate surface area is 188 Å². The van der Waals surface area contributed by atoms with Crippen molar-refractivity contribution in [2.24, 2.45) is 0 Å². The normalized spacial score (nSPS) is 14.7. The molecule has 0 unspecified atom stereocenters. The van der Waals surface area contributed by atoms with E-state index < -0.39 is 0 Å². The minimum atomic E-state index is -0.274. The van der Waals surface area contributed by atoms with Gasteiger partial charge in [-0.3, -0.25) is 9.69 Å². The fraction of sp³-hybridized carbons (Fsp3) is 0.400. The fourth-order valence-electron chi connectivity index (χ4n) is 3.90. The standard InChI is InChI=1S/C25H29FN4O2/c1-3-19-7-10-20(11-8-19)25(31)30-15-13-29(14-16-30)12-4-5-23-27-24(28-32-23)21-9-6-18(2)22(26)17-21/h6-11,17H,3-5,12-16H2,1-2H3. The molecule has 7 heteroatoms. The van der Waals surface area contributed by atoms with Gasteiger partial charge in [0.1, 0.15) is 5.82 Å². The van der Waals surface area contributed by atoms with Gasteiger partial charge in [-0.15, -0.1) is 0 Å². The van der Waals surface area contributed by atoms with E-state index in [0.717, 1.165) is 51.1 Å². The number of piperazine rings is 1. The monoisotopic (exact) mass is 436 g/mol. The number of hydrogen-bond acceptors (Lipinski definition) is 5. The summed E-state index contributed by atoms with van der Waals surface area (Å²) in [5, 5.41) is 3.98. The van der Waals surface area contributed by atoms with Crippen molar-refractivity contribution in [3.63, 3.8) is 0 Å². The van der Waals surface area contributed by atoms with Crippen LogP contribution in [-0.2, 0) is 12.8 Å². The molecule has 168 valence electrons. The molecule has 0 N–H and O–H groups in total. The SMILES string of the molecule is CCc1ccc(C(=O)N2CCN(CCCc3nc(-c4ccc(C)c(F)c4)no3)CC2)cc1. The van der Waals surface area contributed by atoms with Crippen LogP contribution in [0.1, 0.15) is 40.7 Å². The minimum absolute atomic E-state index is 0.109. The zero-order valence-corrected chi connectivity index (χ0v) is 18.7. The molecule has 0 aliphatic carbocycles. The van der Waals surface area contributed by atoms with Crippen LogP contribution >= 0.6 is 0 Å². The predicted molar refractivity (Wildman–Crippen MR) is 121 cm³/mol. The third-order valence-corrected chi connectivity index (χ3v) is 6.03. The van der Waals surface area contributed by atoms with Crippen molar-refractivity contribution in [1.82, 2.24) is 19.9 Å². The van der Waals surface area contributed by atoms with Gasteiger partial charge in [0.15, 0.2) is 0 Å². The van der Waals surface area contributed by atoms with Crippen molar-refractivity contribution in [2.45, 2.75) is 33.1 Å². The van der Waals surface area contributed by atoms with Crippen LogP contribution in [0.2, 0.25) is 0 Å². The summed E-state index contributed by atoms with van der Waals surface area (Å²) in [6.07, 6.45) is 2.53. The van der Waals surface area contributed by atoms with Gasteiger partial charge in [0.05, 0.1) is 0 Å². The van der Waals surface area contributed by atoms with Crippen LogP contribution in [0.5, 0.6) is 0 Å². The van der Waals surface area contributed by atoms with Gasteiger partial charge >= 0.3 is 0 Å². The molecule has 1 saturated heterocycles. The number of amides is 1. The largest absolute Gasteiger partial charge is 0.339 e. The van der Waals surface area contributed by atoms with Gasteiger partial charge in [-0.1, -0.05) is 36.3 Å². The van der Waals surface area contributed by atoms with Crippen molar-refractivity contribution in [1.29, 1.82) is 0 Å². The summed E-state index contributed by atoms with van der Waals surface area (Å²) < 4.78 is 19.1. The summed E-state index contributed by atoms with van der Waals surface area (Å²) in [5.41, 5.74) is 3.21. The molecule has 0 bridgehead atoms. The lowest BCUT2D eigenvalue weighted by Crippen LogP contribution is -2.48. The van der Waals surface area contributed by atoms with Gasteiger partial charge in [-0.2, -0.15) is 4.98 Å². The first-order chi connectivity index (χ1) is 15.5. The molecule has 32 heavy (non-hydrogen) atoms. The van der Waals surface area contributed by atoms with Crippen LogP contribution < -0.4 is 0 Å². The second-order valence-electron chi connectivity index (χ2n) is 8.26. The topological polar surface area (TPSA) is 62.5 Å². The molecule has 6 nitrogen and oxygen atoms in total. The number of nitrogens with zero attached hydrogens (tertiary/aromatic N) is 4. The number of rotatable bonds is 7. The number of carbonyl (C=O) groups is 1. The van der Waals surface area contributed by atoms with Crippen LogP contribution in [0.4, 0.5) is 4.39 Å². The first kappa shape index (κ1) is 22.1. The molecule has 4 rings (SSSR count). The summed E-state index contributed by atoms with van der Waals surface area (Å²) in [7, 11) is 0. The lowest BCUT2D eigenvalue weighted by atomic mass is 10.1. The van der Waals surface area contributed by atoms with Gasteiger partial charge in [-0.05, 0) is 55.6 Å². The van der Waals surface area contributed by atoms with Crippen molar-refractivity contribution in [3.8, 4) is 11.4 Å². The van der Waals surface area contributed by atoms with Gasteiger partial charge < -0.3 is 9.42 Å². The van der Waals surface area contributed by atoms with E-state index >= 15 is 0 Å². The van der Waals surface area contributed by atoms with E-state index in [1.54, 1.807) is 19.1 Å². The van der Waals surface area contributed by atoms with Gasteiger partial charge in [-0.25, -0.2) is 4.39 Å². The molecule has 1 aliphatic rings. The third-order valence-electron chi connectivity index (χ3n) is 6.03. The number of carbonyl (C=O) groups excluding carboxylic acids is 1. The lowest BCUT2D eigenvalue weighted by molar-refractivity contribution is 0.0635. The summed E-state index contributed by atoms with van der Waals surface area (Å²) in [6, 6.07) is 12.9. The average Bonchev–Trinajstić information content (AvgIpc) is 3.30. The third kappa shape index (κ3) is 5.22. The first-order valence-corrected chi connectivity index (χ1v) is 11.2. The number of aromatic nitrogens is 2. The van der Waals surface area contributed by atoms with Crippen molar-refractivity contribution < 1.29 is 13.7 Å². The smallest absolute Gasteiger partial charge is 0.253 e. The molecule has 1 fully saturated rings. The van der Waals surface area contributed by atoms with Gasteiger partial charge in [0.2, 0.25) is 11.7 Å². The van der Waals surface area contributed by atoms with Crippen LogP contribution in [0.25, 0.3) is 11.4 Å². The van der Waals surface area contributed by atoms with Crippen LogP contribution in [-0.4, -0.2) is 58.6 Å². The molecule has 1 amide bonds. The molecule has 2 heterocycles. The van der Waals surface area contributed by atoms with Crippen molar-refractivity contribution in [2.75, 3.05) is 32.7 Å². The van der Waals surface area contributed by atoms with E-state index in [4.69, 9.17) is 4.52 Å². The molecule has 0 spiro atoms. The van der Waals surface area contributed by atoms with Gasteiger partial charge in [0, 0.05) is 43.7 Å². The highest BCUT2D eigenvalue weighted by Gasteiger charge is 2.22. The molecular weight excluding hydrogens is 407 g/mol. The maximum absolute atomic E-state index is 13.8. The van der Waals surface area contributed by atoms with Crippen molar-refractivity contribution >= 4 is 5.91 Å². The molecule has 0 radical (unpaired) electrons. The molecule has 1 aromatic heterocycles. The molecular formula is C25H29FN4O2. The van der Waals surface area contributed by atoms with E-state index in [9.17, 15) is 9.18 Å². The number of benzene rings is 2. The van der Waals surface area contributed by atoms with E-state index in [1.807, 2.05) is 29.2 Å². The van der Waals surface area contributed by atoms with Crippen LogP contribution in [0.3, 0.4) is 0 Å². The Balaban J connectivity index is 1.22. The lowest BCUT2D eigenvalue weighted by Gasteiger charge is -2.34. The van der Waals surface area contributed by atoms with E-state index in [0.29, 0.717) is 29.3 Å². The highest BCUT2D eigenvalue weighted by atomic mass is 19.1. The zero-order valence-electron chi connectivity index (χ0n) is 18.7. The first-order valence-electron chi connectivity index (χ1n) is 11.2. The fourth-order valence-corrected chi connectivity index (χ4v) is 3.90.